The number of anilines is 1. The molecule has 2 N–H and O–H groups in total. The number of nitriles is 1. The smallest absolute Gasteiger partial charge is 0.331 e. The Morgan fingerprint density at radius 3 is 2.63 bits per heavy atom. The van der Waals surface area contributed by atoms with Gasteiger partial charge in [0.25, 0.3) is 5.69 Å². The predicted molar refractivity (Wildman–Crippen MR) is 63.0 cm³/mol. The molecule has 1 unspecified atom stereocenters. The number of Topliss-reactive ketones (excluding diaryl/α,β-unsaturated/α-hetero) is 1. The minimum Gasteiger partial charge on any atom is -0.468 e. The van der Waals surface area contributed by atoms with Gasteiger partial charge in [-0.05, 0) is 6.07 Å². The number of hydrogen-bond donors (Lipinski definition) is 1. The summed E-state index contributed by atoms with van der Waals surface area (Å²) in [6.45, 7) is 0. The van der Waals surface area contributed by atoms with Crippen molar-refractivity contribution in [2.24, 2.45) is 5.92 Å². The normalized spacial score (nSPS) is 11.2. The van der Waals surface area contributed by atoms with Crippen LogP contribution < -0.4 is 5.73 Å². The fraction of sp³-hybridized carbons (Fsp3) is 0.182. The van der Waals surface area contributed by atoms with Gasteiger partial charge in [-0.15, -0.1) is 0 Å². The molecule has 0 amide bonds. The van der Waals surface area contributed by atoms with E-state index in [4.69, 9.17) is 11.0 Å². The van der Waals surface area contributed by atoms with Crippen LogP contribution >= 0.6 is 0 Å². The average Bonchev–Trinajstić information content (AvgIpc) is 2.39. The standard InChI is InChI=1S/C11H9N3O5/c1-19-11(16)8(5-12)10(15)7-4-6(14(17)18)2-3-9(7)13/h2-4,8H,13H2,1H3. The van der Waals surface area contributed by atoms with E-state index >= 15 is 0 Å². The van der Waals surface area contributed by atoms with Crippen molar-refractivity contribution in [2.75, 3.05) is 12.8 Å². The fourth-order valence-electron chi connectivity index (χ4n) is 1.36. The van der Waals surface area contributed by atoms with Gasteiger partial charge < -0.3 is 10.5 Å². The van der Waals surface area contributed by atoms with Crippen molar-refractivity contribution < 1.29 is 19.2 Å². The van der Waals surface area contributed by atoms with Gasteiger partial charge in [-0.25, -0.2) is 0 Å². The summed E-state index contributed by atoms with van der Waals surface area (Å²) in [5.41, 5.74) is 4.84. The van der Waals surface area contributed by atoms with Crippen molar-refractivity contribution in [1.29, 1.82) is 5.26 Å². The monoisotopic (exact) mass is 263 g/mol. The van der Waals surface area contributed by atoms with E-state index in [1.165, 1.54) is 6.07 Å². The first-order valence-electron chi connectivity index (χ1n) is 4.98. The number of ketones is 1. The first kappa shape index (κ1) is 14.1. The first-order valence-corrected chi connectivity index (χ1v) is 4.98. The lowest BCUT2D eigenvalue weighted by Crippen LogP contribution is -2.24. The van der Waals surface area contributed by atoms with E-state index in [1.807, 2.05) is 0 Å². The van der Waals surface area contributed by atoms with Gasteiger partial charge >= 0.3 is 5.97 Å². The van der Waals surface area contributed by atoms with Crippen molar-refractivity contribution in [3.05, 3.63) is 33.9 Å². The van der Waals surface area contributed by atoms with Gasteiger partial charge in [0.05, 0.1) is 18.1 Å². The number of methoxy groups -OCH3 is 1. The Morgan fingerprint density at radius 2 is 2.16 bits per heavy atom. The van der Waals surface area contributed by atoms with Gasteiger partial charge in [0.2, 0.25) is 5.92 Å². The second-order valence-corrected chi connectivity index (χ2v) is 3.48. The van der Waals surface area contributed by atoms with Crippen LogP contribution in [0, 0.1) is 27.4 Å². The molecule has 0 saturated heterocycles. The number of ether oxygens (including phenoxy) is 1. The predicted octanol–water partition coefficient (Wildman–Crippen LogP) is 0.672. The van der Waals surface area contributed by atoms with Crippen LogP contribution in [-0.4, -0.2) is 23.8 Å². The van der Waals surface area contributed by atoms with Crippen LogP contribution in [0.2, 0.25) is 0 Å². The van der Waals surface area contributed by atoms with Crippen molar-refractivity contribution in [2.45, 2.75) is 0 Å². The Hall–Kier alpha value is -2.95. The van der Waals surface area contributed by atoms with Gasteiger partial charge in [0.15, 0.2) is 5.78 Å². The lowest BCUT2D eigenvalue weighted by Gasteiger charge is -2.08. The van der Waals surface area contributed by atoms with E-state index in [1.54, 1.807) is 0 Å². The van der Waals surface area contributed by atoms with Crippen molar-refractivity contribution in [1.82, 2.24) is 0 Å². The Kier molecular flexibility index (Phi) is 4.15. The van der Waals surface area contributed by atoms with Crippen molar-refractivity contribution in [3.8, 4) is 6.07 Å². The summed E-state index contributed by atoms with van der Waals surface area (Å²) >= 11 is 0. The molecule has 0 spiro atoms. The molecule has 0 radical (unpaired) electrons. The number of nitrogens with zero attached hydrogens (tertiary/aromatic N) is 2. The van der Waals surface area contributed by atoms with Gasteiger partial charge in [0.1, 0.15) is 0 Å². The largest absolute Gasteiger partial charge is 0.468 e. The highest BCUT2D eigenvalue weighted by molar-refractivity contribution is 6.13. The summed E-state index contributed by atoms with van der Waals surface area (Å²) in [5, 5.41) is 19.4. The van der Waals surface area contributed by atoms with E-state index in [0.717, 1.165) is 25.3 Å². The molecule has 0 bridgehead atoms. The molecule has 1 aromatic rings. The number of nitrogens with two attached hydrogens (primary N) is 1. The molecule has 8 heteroatoms. The lowest BCUT2D eigenvalue weighted by atomic mass is 9.97. The molecule has 1 atom stereocenters. The molecule has 0 aliphatic rings. The number of nitro groups is 1. The van der Waals surface area contributed by atoms with E-state index in [-0.39, 0.29) is 16.9 Å². The minimum atomic E-state index is -1.70. The van der Waals surface area contributed by atoms with Crippen molar-refractivity contribution in [3.63, 3.8) is 0 Å². The van der Waals surface area contributed by atoms with E-state index in [2.05, 4.69) is 4.74 Å². The molecule has 98 valence electrons. The molecule has 0 aliphatic carbocycles. The van der Waals surface area contributed by atoms with Crippen LogP contribution in [0.5, 0.6) is 0 Å². The third kappa shape index (κ3) is 2.84. The van der Waals surface area contributed by atoms with Gasteiger partial charge in [0, 0.05) is 23.4 Å². The highest BCUT2D eigenvalue weighted by Crippen LogP contribution is 2.22. The zero-order valence-electron chi connectivity index (χ0n) is 9.82. The molecule has 0 heterocycles. The highest BCUT2D eigenvalue weighted by atomic mass is 16.6. The molecule has 0 fully saturated rings. The third-order valence-corrected chi connectivity index (χ3v) is 2.34. The summed E-state index contributed by atoms with van der Waals surface area (Å²) in [7, 11) is 1.02. The fourth-order valence-corrected chi connectivity index (χ4v) is 1.36. The molecule has 1 aromatic carbocycles. The van der Waals surface area contributed by atoms with Crippen LogP contribution in [0.1, 0.15) is 10.4 Å². The van der Waals surface area contributed by atoms with Gasteiger partial charge in [-0.1, -0.05) is 0 Å². The maximum Gasteiger partial charge on any atom is 0.331 e. The molecule has 19 heavy (non-hydrogen) atoms. The summed E-state index contributed by atoms with van der Waals surface area (Å²) in [5.74, 6) is -3.68. The number of esters is 1. The number of rotatable bonds is 4. The maximum absolute atomic E-state index is 11.9. The maximum atomic E-state index is 11.9. The Labute approximate surface area is 107 Å². The molecule has 1 rings (SSSR count). The summed E-state index contributed by atoms with van der Waals surface area (Å²) < 4.78 is 4.31. The zero-order chi connectivity index (χ0) is 14.6. The van der Waals surface area contributed by atoms with Crippen LogP contribution in [0.15, 0.2) is 18.2 Å². The molecule has 0 saturated carbocycles. The number of nitro benzene ring substituents is 1. The van der Waals surface area contributed by atoms with Crippen LogP contribution in [0.4, 0.5) is 11.4 Å². The number of benzene rings is 1. The zero-order valence-corrected chi connectivity index (χ0v) is 9.82. The summed E-state index contributed by atoms with van der Waals surface area (Å²) in [6, 6.07) is 4.68. The first-order chi connectivity index (χ1) is 8.92. The summed E-state index contributed by atoms with van der Waals surface area (Å²) in [6.07, 6.45) is 0. The van der Waals surface area contributed by atoms with Crippen LogP contribution in [-0.2, 0) is 9.53 Å². The number of carbonyl (C=O) groups is 2. The average molecular weight is 263 g/mol. The lowest BCUT2D eigenvalue weighted by molar-refractivity contribution is -0.384. The number of carbonyl (C=O) groups excluding carboxylic acids is 2. The third-order valence-electron chi connectivity index (χ3n) is 2.34. The van der Waals surface area contributed by atoms with E-state index < -0.39 is 22.6 Å². The van der Waals surface area contributed by atoms with Gasteiger partial charge in [-0.3, -0.25) is 19.7 Å². The minimum absolute atomic E-state index is 0.0558. The SMILES string of the molecule is COC(=O)C(C#N)C(=O)c1cc([N+](=O)[O-])ccc1N. The number of nitrogen functional groups attached to an aromatic ring is 1. The quantitative estimate of drug-likeness (QED) is 0.210. The second kappa shape index (κ2) is 5.59. The number of hydrogen-bond acceptors (Lipinski definition) is 7. The molecular weight excluding hydrogens is 254 g/mol. The van der Waals surface area contributed by atoms with E-state index in [9.17, 15) is 19.7 Å². The Balaban J connectivity index is 3.25. The molecule has 8 nitrogen and oxygen atoms in total. The molecule has 0 aromatic heterocycles. The Morgan fingerprint density at radius 1 is 1.53 bits per heavy atom. The molecular formula is C11H9N3O5. The van der Waals surface area contributed by atoms with Crippen LogP contribution in [0.25, 0.3) is 0 Å². The highest BCUT2D eigenvalue weighted by Gasteiger charge is 2.30. The van der Waals surface area contributed by atoms with Gasteiger partial charge in [-0.2, -0.15) is 5.26 Å². The number of non-ortho nitro benzene ring substituents is 1. The van der Waals surface area contributed by atoms with Crippen LogP contribution in [0.3, 0.4) is 0 Å². The topological polar surface area (TPSA) is 136 Å². The van der Waals surface area contributed by atoms with Crippen molar-refractivity contribution >= 4 is 23.1 Å². The summed E-state index contributed by atoms with van der Waals surface area (Å²) in [4.78, 5) is 33.1. The van der Waals surface area contributed by atoms with E-state index in [0.29, 0.717) is 0 Å². The second-order valence-electron chi connectivity index (χ2n) is 3.48. The Bertz CT molecular complexity index is 590. The molecule has 0 aliphatic heterocycles.